The topological polar surface area (TPSA) is 83.0 Å². The number of aryl methyl sites for hydroxylation is 1. The maximum Gasteiger partial charge on any atom is 0.252 e. The van der Waals surface area contributed by atoms with E-state index in [-0.39, 0.29) is 24.2 Å². The molecule has 0 spiro atoms. The smallest absolute Gasteiger partial charge is 0.252 e. The van der Waals surface area contributed by atoms with Gasteiger partial charge in [-0.05, 0) is 42.8 Å². The van der Waals surface area contributed by atoms with E-state index in [1.165, 1.54) is 10.9 Å². The third-order valence-electron chi connectivity index (χ3n) is 7.81. The van der Waals surface area contributed by atoms with E-state index in [2.05, 4.69) is 65.9 Å². The van der Waals surface area contributed by atoms with Crippen LogP contribution in [0.3, 0.4) is 0 Å². The number of anilines is 1. The summed E-state index contributed by atoms with van der Waals surface area (Å²) in [6, 6.07) is 13.5. The molecule has 3 atom stereocenters. The predicted molar refractivity (Wildman–Crippen MR) is 143 cm³/mol. The van der Waals surface area contributed by atoms with Crippen LogP contribution in [0, 0.1) is 11.3 Å². The molecule has 0 amide bonds. The van der Waals surface area contributed by atoms with Gasteiger partial charge in [-0.2, -0.15) is 10.4 Å². The van der Waals surface area contributed by atoms with Crippen molar-refractivity contribution in [1.29, 1.82) is 5.26 Å². The van der Waals surface area contributed by atoms with E-state index < -0.39 is 0 Å². The Morgan fingerprint density at radius 1 is 1.11 bits per heavy atom. The molecule has 1 saturated heterocycles. The van der Waals surface area contributed by atoms with E-state index in [9.17, 15) is 4.79 Å². The van der Waals surface area contributed by atoms with E-state index in [1.54, 1.807) is 28.6 Å². The summed E-state index contributed by atoms with van der Waals surface area (Å²) < 4.78 is 3.24. The molecule has 0 saturated carbocycles. The molecule has 8 heteroatoms. The van der Waals surface area contributed by atoms with Gasteiger partial charge in [0.1, 0.15) is 12.1 Å². The molecule has 1 aliphatic heterocycles. The Labute approximate surface area is 211 Å². The summed E-state index contributed by atoms with van der Waals surface area (Å²) >= 11 is 0. The second kappa shape index (κ2) is 9.75. The van der Waals surface area contributed by atoms with Crippen LogP contribution in [0.25, 0.3) is 21.8 Å². The van der Waals surface area contributed by atoms with Gasteiger partial charge < -0.3 is 9.47 Å². The summed E-state index contributed by atoms with van der Waals surface area (Å²) in [6.45, 7) is 8.63. The molecule has 5 rings (SSSR count). The molecular weight excluding hydrogens is 450 g/mol. The van der Waals surface area contributed by atoms with E-state index in [0.717, 1.165) is 48.0 Å². The van der Waals surface area contributed by atoms with Crippen molar-refractivity contribution in [3.8, 4) is 6.07 Å². The number of fused-ring (bicyclic) bond motifs is 2. The summed E-state index contributed by atoms with van der Waals surface area (Å²) in [5.41, 5.74) is 3.67. The average Bonchev–Trinajstić information content (AvgIpc) is 3.33. The lowest BCUT2D eigenvalue weighted by Crippen LogP contribution is -2.58. The zero-order valence-corrected chi connectivity index (χ0v) is 21.4. The maximum atomic E-state index is 12.9. The molecule has 186 valence electrons. The van der Waals surface area contributed by atoms with Crippen molar-refractivity contribution in [3.63, 3.8) is 0 Å². The fourth-order valence-corrected chi connectivity index (χ4v) is 5.62. The van der Waals surface area contributed by atoms with Crippen molar-refractivity contribution < 1.29 is 0 Å². The van der Waals surface area contributed by atoms with Crippen molar-refractivity contribution >= 4 is 27.5 Å². The lowest BCUT2D eigenvalue weighted by atomic mass is 9.95. The second-order valence-electron chi connectivity index (χ2n) is 9.78. The Morgan fingerprint density at radius 3 is 2.67 bits per heavy atom. The number of pyridine rings is 2. The SMILES string of the molecule is CC[C@H]1CN(C(C)c2ccc3cnccc3c2)[C@H](CC)CN1c1cc(=O)n(C)c2cn(CC#N)nc12. The second-order valence-corrected chi connectivity index (χ2v) is 9.78. The fourth-order valence-electron chi connectivity index (χ4n) is 5.62. The summed E-state index contributed by atoms with van der Waals surface area (Å²) in [6.07, 6.45) is 7.52. The highest BCUT2D eigenvalue weighted by atomic mass is 16.1. The van der Waals surface area contributed by atoms with Gasteiger partial charge in [-0.3, -0.25) is 19.4 Å². The Hall–Kier alpha value is -3.70. The van der Waals surface area contributed by atoms with Gasteiger partial charge in [0, 0.05) is 62.1 Å². The molecule has 0 aliphatic carbocycles. The van der Waals surface area contributed by atoms with Gasteiger partial charge in [-0.1, -0.05) is 26.0 Å². The number of benzene rings is 1. The van der Waals surface area contributed by atoms with Crippen LogP contribution in [-0.4, -0.2) is 49.4 Å². The molecule has 1 aromatic carbocycles. The summed E-state index contributed by atoms with van der Waals surface area (Å²) in [7, 11) is 1.76. The number of hydrogen-bond acceptors (Lipinski definition) is 6. The van der Waals surface area contributed by atoms with Crippen LogP contribution in [0.4, 0.5) is 5.69 Å². The lowest BCUT2D eigenvalue weighted by molar-refractivity contribution is 0.101. The molecule has 4 aromatic rings. The van der Waals surface area contributed by atoms with E-state index in [1.807, 2.05) is 12.4 Å². The number of rotatable bonds is 6. The predicted octanol–water partition coefficient (Wildman–Crippen LogP) is 4.25. The third kappa shape index (κ3) is 4.14. The van der Waals surface area contributed by atoms with Gasteiger partial charge in [0.2, 0.25) is 0 Å². The highest BCUT2D eigenvalue weighted by Crippen LogP contribution is 2.35. The van der Waals surface area contributed by atoms with E-state index >= 15 is 0 Å². The zero-order valence-electron chi connectivity index (χ0n) is 21.4. The minimum atomic E-state index is -0.0571. The molecule has 0 radical (unpaired) electrons. The molecule has 1 fully saturated rings. The molecular formula is C28H33N7O. The van der Waals surface area contributed by atoms with E-state index in [0.29, 0.717) is 6.04 Å². The molecule has 0 N–H and O–H groups in total. The van der Waals surface area contributed by atoms with Gasteiger partial charge in [0.15, 0.2) is 0 Å². The van der Waals surface area contributed by atoms with Crippen molar-refractivity contribution in [2.24, 2.45) is 7.05 Å². The number of aromatic nitrogens is 4. The molecule has 0 bridgehead atoms. The van der Waals surface area contributed by atoms with Crippen LogP contribution in [0.2, 0.25) is 0 Å². The molecule has 4 heterocycles. The van der Waals surface area contributed by atoms with Crippen LogP contribution in [0.5, 0.6) is 0 Å². The first-order valence-corrected chi connectivity index (χ1v) is 12.7. The van der Waals surface area contributed by atoms with Crippen LogP contribution < -0.4 is 10.5 Å². The highest BCUT2D eigenvalue weighted by molar-refractivity contribution is 5.88. The number of nitriles is 1. The largest absolute Gasteiger partial charge is 0.364 e. The van der Waals surface area contributed by atoms with Crippen LogP contribution in [-0.2, 0) is 13.6 Å². The van der Waals surface area contributed by atoms with E-state index in [4.69, 9.17) is 10.4 Å². The molecule has 1 aliphatic rings. The molecule has 1 unspecified atom stereocenters. The number of hydrogen-bond donors (Lipinski definition) is 0. The van der Waals surface area contributed by atoms with Crippen molar-refractivity contribution in [1.82, 2.24) is 24.2 Å². The monoisotopic (exact) mass is 483 g/mol. The van der Waals surface area contributed by atoms with Gasteiger partial charge in [0.05, 0.1) is 23.5 Å². The van der Waals surface area contributed by atoms with Crippen LogP contribution in [0.15, 0.2) is 53.7 Å². The van der Waals surface area contributed by atoms with Crippen LogP contribution >= 0.6 is 0 Å². The molecule has 8 nitrogen and oxygen atoms in total. The summed E-state index contributed by atoms with van der Waals surface area (Å²) in [5.74, 6) is 0. The molecule has 36 heavy (non-hydrogen) atoms. The Bertz CT molecular complexity index is 1500. The minimum absolute atomic E-state index is 0.0571. The first kappa shape index (κ1) is 24.0. The third-order valence-corrected chi connectivity index (χ3v) is 7.81. The summed E-state index contributed by atoms with van der Waals surface area (Å²) in [5, 5.41) is 16.2. The van der Waals surface area contributed by atoms with Gasteiger partial charge >= 0.3 is 0 Å². The minimum Gasteiger partial charge on any atom is -0.364 e. The van der Waals surface area contributed by atoms with Crippen molar-refractivity contribution in [2.45, 2.75) is 58.3 Å². The normalized spacial score (nSPS) is 19.6. The first-order chi connectivity index (χ1) is 17.4. The first-order valence-electron chi connectivity index (χ1n) is 12.7. The Morgan fingerprint density at radius 2 is 1.92 bits per heavy atom. The number of piperazine rings is 1. The van der Waals surface area contributed by atoms with Gasteiger partial charge in [0.25, 0.3) is 5.56 Å². The van der Waals surface area contributed by atoms with Crippen molar-refractivity contribution in [3.05, 3.63) is 64.8 Å². The Balaban J connectivity index is 1.51. The van der Waals surface area contributed by atoms with Crippen LogP contribution in [0.1, 0.15) is 45.2 Å². The lowest BCUT2D eigenvalue weighted by Gasteiger charge is -2.49. The zero-order chi connectivity index (χ0) is 25.4. The van der Waals surface area contributed by atoms with Gasteiger partial charge in [-0.25, -0.2) is 0 Å². The van der Waals surface area contributed by atoms with Crippen molar-refractivity contribution in [2.75, 3.05) is 18.0 Å². The summed E-state index contributed by atoms with van der Waals surface area (Å²) in [4.78, 5) is 22.1. The standard InChI is InChI=1S/C28H33N7O/c1-5-23-17-35(25-14-27(36)32(4)26-18-33(12-10-29)31-28(25)26)24(6-2)16-34(23)19(3)20-7-8-22-15-30-11-9-21(22)13-20/h7-9,11,13-15,18-19,23-24H,5-6,12,16-17H2,1-4H3/t19?,23-,24+/m1/s1. The Kier molecular flexibility index (Phi) is 6.50. The maximum absolute atomic E-state index is 12.9. The highest BCUT2D eigenvalue weighted by Gasteiger charge is 2.36. The average molecular weight is 484 g/mol. The number of nitrogens with zero attached hydrogens (tertiary/aromatic N) is 7. The van der Waals surface area contributed by atoms with Gasteiger partial charge in [-0.15, -0.1) is 0 Å². The molecule has 3 aromatic heterocycles. The quantitative estimate of drug-likeness (QED) is 0.408. The fraction of sp³-hybridized carbons (Fsp3) is 0.429.